The molecule has 1 N–H and O–H groups in total. The number of thiocarbonyl (C=S) groups is 1. The van der Waals surface area contributed by atoms with E-state index < -0.39 is 0 Å². The quantitative estimate of drug-likeness (QED) is 0.800. The third kappa shape index (κ3) is 1.88. The minimum absolute atomic E-state index is 0.0780. The number of hydrogen-bond acceptors (Lipinski definition) is 3. The molecule has 0 saturated carbocycles. The van der Waals surface area contributed by atoms with Crippen LogP contribution in [-0.4, -0.2) is 22.8 Å². The van der Waals surface area contributed by atoms with Gasteiger partial charge in [0, 0.05) is 13.2 Å². The van der Waals surface area contributed by atoms with Gasteiger partial charge in [0.25, 0.3) is 0 Å². The van der Waals surface area contributed by atoms with Crippen LogP contribution in [0.25, 0.3) is 0 Å². The fraction of sp³-hybridized carbons (Fsp3) is 0.455. The summed E-state index contributed by atoms with van der Waals surface area (Å²) in [4.78, 5) is 5.36. The molecule has 0 aliphatic carbocycles. The lowest BCUT2D eigenvalue weighted by Gasteiger charge is -2.28. The van der Waals surface area contributed by atoms with Gasteiger partial charge in [-0.2, -0.15) is 0 Å². The van der Waals surface area contributed by atoms with Gasteiger partial charge in [0.05, 0.1) is 10.7 Å². The van der Waals surface area contributed by atoms with Crippen LogP contribution >= 0.6 is 24.0 Å². The van der Waals surface area contributed by atoms with E-state index in [1.165, 1.54) is 12.2 Å². The summed E-state index contributed by atoms with van der Waals surface area (Å²) in [6.45, 7) is 0. The molecule has 1 aliphatic heterocycles. The van der Waals surface area contributed by atoms with Crippen molar-refractivity contribution in [1.82, 2.24) is 10.3 Å². The first-order valence-corrected chi connectivity index (χ1v) is 6.46. The smallest absolute Gasteiger partial charge is 0.108 e. The van der Waals surface area contributed by atoms with Gasteiger partial charge in [0.1, 0.15) is 4.75 Å². The molecule has 2 rings (SSSR count). The van der Waals surface area contributed by atoms with Crippen molar-refractivity contribution in [3.05, 3.63) is 30.1 Å². The van der Waals surface area contributed by atoms with Crippen molar-refractivity contribution in [2.24, 2.45) is 0 Å². The molecule has 1 fully saturated rings. The largest absolute Gasteiger partial charge is 0.381 e. The first-order valence-electron chi connectivity index (χ1n) is 5.07. The Morgan fingerprint density at radius 1 is 1.60 bits per heavy atom. The molecule has 1 saturated heterocycles. The molecule has 0 bridgehead atoms. The van der Waals surface area contributed by atoms with E-state index in [0.717, 1.165) is 17.1 Å². The highest BCUT2D eigenvalue weighted by Gasteiger charge is 2.41. The van der Waals surface area contributed by atoms with Crippen LogP contribution in [0, 0.1) is 0 Å². The minimum atomic E-state index is -0.0780. The number of hydrogen-bond donors (Lipinski definition) is 1. The summed E-state index contributed by atoms with van der Waals surface area (Å²) in [5.41, 5.74) is 1.09. The third-order valence-corrected chi connectivity index (χ3v) is 4.98. The second kappa shape index (κ2) is 4.49. The fourth-order valence-corrected chi connectivity index (χ4v) is 3.75. The summed E-state index contributed by atoms with van der Waals surface area (Å²) in [5, 5.41) is 3.12. The van der Waals surface area contributed by atoms with E-state index >= 15 is 0 Å². The summed E-state index contributed by atoms with van der Waals surface area (Å²) in [7, 11) is 1.89. The van der Waals surface area contributed by atoms with E-state index in [0.29, 0.717) is 0 Å². The summed E-state index contributed by atoms with van der Waals surface area (Å²) in [5.74, 6) is 1.17. The lowest BCUT2D eigenvalue weighted by Crippen LogP contribution is -2.37. The molecule has 1 aliphatic rings. The summed E-state index contributed by atoms with van der Waals surface area (Å²) >= 11 is 7.35. The molecule has 0 radical (unpaired) electrons. The van der Waals surface area contributed by atoms with Crippen molar-refractivity contribution in [3.63, 3.8) is 0 Å². The van der Waals surface area contributed by atoms with Gasteiger partial charge in [0.2, 0.25) is 0 Å². The highest BCUT2D eigenvalue weighted by Crippen LogP contribution is 2.46. The van der Waals surface area contributed by atoms with E-state index in [4.69, 9.17) is 12.2 Å². The molecule has 2 nitrogen and oxygen atoms in total. The molecule has 4 heteroatoms. The van der Waals surface area contributed by atoms with Crippen molar-refractivity contribution in [3.8, 4) is 0 Å². The maximum Gasteiger partial charge on any atom is 0.108 e. The molecule has 2 heterocycles. The van der Waals surface area contributed by atoms with Gasteiger partial charge in [0.15, 0.2) is 0 Å². The lowest BCUT2D eigenvalue weighted by molar-refractivity contribution is 0.711. The van der Waals surface area contributed by atoms with Crippen LogP contribution in [-0.2, 0) is 4.75 Å². The second-order valence-corrected chi connectivity index (χ2v) is 5.38. The van der Waals surface area contributed by atoms with Crippen LogP contribution in [0.4, 0.5) is 0 Å². The van der Waals surface area contributed by atoms with Crippen molar-refractivity contribution < 1.29 is 0 Å². The Hall–Kier alpha value is -0.610. The Morgan fingerprint density at radius 3 is 3.00 bits per heavy atom. The van der Waals surface area contributed by atoms with Crippen LogP contribution in [0.3, 0.4) is 0 Å². The van der Waals surface area contributed by atoms with E-state index in [1.54, 1.807) is 0 Å². The molecule has 1 unspecified atom stereocenters. The summed E-state index contributed by atoms with van der Waals surface area (Å²) in [6.07, 6.45) is 4.14. The zero-order valence-electron chi connectivity index (χ0n) is 8.69. The van der Waals surface area contributed by atoms with Crippen LogP contribution in [0.15, 0.2) is 24.4 Å². The van der Waals surface area contributed by atoms with Gasteiger partial charge in [-0.15, -0.1) is 11.8 Å². The highest BCUT2D eigenvalue weighted by molar-refractivity contribution is 8.02. The summed E-state index contributed by atoms with van der Waals surface area (Å²) < 4.78 is -0.0780. The van der Waals surface area contributed by atoms with Gasteiger partial charge < -0.3 is 5.32 Å². The van der Waals surface area contributed by atoms with Gasteiger partial charge in [-0.1, -0.05) is 18.3 Å². The van der Waals surface area contributed by atoms with Gasteiger partial charge >= 0.3 is 0 Å². The molecule has 1 aromatic heterocycles. The van der Waals surface area contributed by atoms with Gasteiger partial charge in [-0.25, -0.2) is 0 Å². The molecule has 15 heavy (non-hydrogen) atoms. The van der Waals surface area contributed by atoms with E-state index in [9.17, 15) is 0 Å². The Balaban J connectivity index is 2.39. The van der Waals surface area contributed by atoms with Gasteiger partial charge in [-0.3, -0.25) is 4.98 Å². The first kappa shape index (κ1) is 10.9. The number of thioether (sulfide) groups is 1. The number of likely N-dealkylation sites (N-methyl/N-ethyl adjacent to an activating group) is 1. The van der Waals surface area contributed by atoms with Gasteiger partial charge in [-0.05, 0) is 30.7 Å². The maximum atomic E-state index is 5.44. The van der Waals surface area contributed by atoms with Crippen LogP contribution in [0.2, 0.25) is 0 Å². The Labute approximate surface area is 99.9 Å². The Bertz CT molecular complexity index is 345. The normalized spacial score (nSPS) is 25.1. The zero-order chi connectivity index (χ0) is 10.7. The molecule has 0 spiro atoms. The van der Waals surface area contributed by atoms with Crippen LogP contribution < -0.4 is 5.32 Å². The highest BCUT2D eigenvalue weighted by atomic mass is 32.2. The number of nitrogens with zero attached hydrogens (tertiary/aromatic N) is 1. The minimum Gasteiger partial charge on any atom is -0.381 e. The average Bonchev–Trinajstić information content (AvgIpc) is 2.79. The van der Waals surface area contributed by atoms with E-state index in [2.05, 4.69) is 16.4 Å². The molecule has 0 aromatic carbocycles. The predicted octanol–water partition coefficient (Wildman–Crippen LogP) is 2.35. The topological polar surface area (TPSA) is 24.9 Å². The Morgan fingerprint density at radius 2 is 2.47 bits per heavy atom. The maximum absolute atomic E-state index is 5.44. The van der Waals surface area contributed by atoms with E-state index in [-0.39, 0.29) is 4.75 Å². The zero-order valence-corrected chi connectivity index (χ0v) is 10.3. The van der Waals surface area contributed by atoms with Crippen LogP contribution in [0.1, 0.15) is 18.5 Å². The first-order chi connectivity index (χ1) is 7.29. The summed E-state index contributed by atoms with van der Waals surface area (Å²) in [6, 6.07) is 6.04. The molecule has 80 valence electrons. The molecule has 1 atom stereocenters. The predicted molar refractivity (Wildman–Crippen MR) is 69.3 cm³/mol. The molecular formula is C11H14N2S2. The van der Waals surface area contributed by atoms with Crippen LogP contribution in [0.5, 0.6) is 0 Å². The van der Waals surface area contributed by atoms with E-state index in [1.807, 2.05) is 37.1 Å². The Kier molecular flexibility index (Phi) is 3.26. The molecule has 1 aromatic rings. The SMILES string of the molecule is CNC(=S)C1(c2ccccn2)CCCS1. The monoisotopic (exact) mass is 238 g/mol. The standard InChI is InChI=1S/C11H14N2S2/c1-12-10(14)11(6-4-8-15-11)9-5-2-3-7-13-9/h2-3,5,7H,4,6,8H2,1H3,(H,12,14). The fourth-order valence-electron chi connectivity index (χ4n) is 1.94. The molecular weight excluding hydrogens is 224 g/mol. The third-order valence-electron chi connectivity index (χ3n) is 2.69. The lowest BCUT2D eigenvalue weighted by atomic mass is 9.98. The second-order valence-electron chi connectivity index (χ2n) is 3.57. The van der Waals surface area contributed by atoms with Crippen molar-refractivity contribution >= 4 is 29.0 Å². The molecule has 0 amide bonds. The number of pyridine rings is 1. The van der Waals surface area contributed by atoms with Crippen molar-refractivity contribution in [2.75, 3.05) is 12.8 Å². The van der Waals surface area contributed by atoms with Crippen molar-refractivity contribution in [2.45, 2.75) is 17.6 Å². The van der Waals surface area contributed by atoms with Crippen molar-refractivity contribution in [1.29, 1.82) is 0 Å². The number of aromatic nitrogens is 1. The average molecular weight is 238 g/mol. The number of rotatable bonds is 2. The number of nitrogens with one attached hydrogen (secondary N) is 1.